The van der Waals surface area contributed by atoms with Crippen molar-refractivity contribution in [2.75, 3.05) is 25.4 Å². The van der Waals surface area contributed by atoms with E-state index in [4.69, 9.17) is 14.3 Å². The number of hydrogen-bond acceptors (Lipinski definition) is 5. The van der Waals surface area contributed by atoms with Crippen molar-refractivity contribution in [2.45, 2.75) is 27.2 Å². The Bertz CT molecular complexity index is 839. The zero-order valence-electron chi connectivity index (χ0n) is 17.5. The number of allylic oxidation sites excluding steroid dienone is 1. The third-order valence-electron chi connectivity index (χ3n) is 4.15. The lowest BCUT2D eigenvalue weighted by Gasteiger charge is -2.14. The fraction of sp³-hybridized carbons (Fsp3) is 0.348. The largest absolute Gasteiger partial charge is 0.490 e. The van der Waals surface area contributed by atoms with E-state index < -0.39 is 10.8 Å². The van der Waals surface area contributed by atoms with E-state index in [1.54, 1.807) is 0 Å². The number of ether oxygens (including phenoxy) is 2. The Hall–Kier alpha value is -2.60. The number of rotatable bonds is 11. The number of benzene rings is 2. The molecule has 0 saturated heterocycles. The van der Waals surface area contributed by atoms with Gasteiger partial charge in [-0.1, -0.05) is 47.6 Å². The molecule has 0 amide bonds. The molecule has 0 bridgehead atoms. The van der Waals surface area contributed by atoms with Gasteiger partial charge in [-0.05, 0) is 49.6 Å². The maximum atomic E-state index is 12.6. The second-order valence-corrected chi connectivity index (χ2v) is 8.02. The number of nitrogens with zero attached hydrogens (tertiary/aromatic N) is 1. The highest BCUT2D eigenvalue weighted by atomic mass is 32.2. The molecule has 2 rings (SSSR count). The van der Waals surface area contributed by atoms with Crippen LogP contribution in [0.3, 0.4) is 0 Å². The lowest BCUT2D eigenvalue weighted by atomic mass is 10.1. The topological polar surface area (TPSA) is 57.1 Å². The molecular weight excluding hydrogens is 386 g/mol. The summed E-state index contributed by atoms with van der Waals surface area (Å²) in [5.41, 5.74) is 3.73. The maximum absolute atomic E-state index is 12.6. The Labute approximate surface area is 175 Å². The molecule has 0 heterocycles. The number of oxime groups is 1. The SMILES string of the molecule is C/C=C/COc1cc(C)c(OCS(=O)C/C(Cc2ccccc2)=N/OC)c(C)c1. The van der Waals surface area contributed by atoms with Crippen LogP contribution in [0, 0.1) is 13.8 Å². The quantitative estimate of drug-likeness (QED) is 0.306. The highest BCUT2D eigenvalue weighted by Crippen LogP contribution is 2.28. The van der Waals surface area contributed by atoms with Crippen molar-refractivity contribution >= 4 is 16.5 Å². The molecule has 0 spiro atoms. The molecule has 0 N–H and O–H groups in total. The van der Waals surface area contributed by atoms with Crippen molar-refractivity contribution in [1.82, 2.24) is 0 Å². The van der Waals surface area contributed by atoms with Crippen LogP contribution in [0.25, 0.3) is 0 Å². The van der Waals surface area contributed by atoms with Crippen molar-refractivity contribution in [3.63, 3.8) is 0 Å². The Morgan fingerprint density at radius 1 is 1.10 bits per heavy atom. The summed E-state index contributed by atoms with van der Waals surface area (Å²) in [5, 5.41) is 4.04. The first-order valence-corrected chi connectivity index (χ1v) is 11.0. The normalized spacial score (nSPS) is 12.8. The molecule has 29 heavy (non-hydrogen) atoms. The van der Waals surface area contributed by atoms with E-state index in [9.17, 15) is 4.21 Å². The van der Waals surface area contributed by atoms with Gasteiger partial charge in [0.05, 0.1) is 22.3 Å². The maximum Gasteiger partial charge on any atom is 0.163 e. The van der Waals surface area contributed by atoms with Gasteiger partial charge < -0.3 is 14.3 Å². The summed E-state index contributed by atoms with van der Waals surface area (Å²) >= 11 is 0. The molecule has 156 valence electrons. The van der Waals surface area contributed by atoms with Gasteiger partial charge in [-0.15, -0.1) is 0 Å². The number of hydrogen-bond donors (Lipinski definition) is 0. The Morgan fingerprint density at radius 3 is 2.41 bits per heavy atom. The Morgan fingerprint density at radius 2 is 1.79 bits per heavy atom. The molecule has 0 aromatic heterocycles. The van der Waals surface area contributed by atoms with Crippen molar-refractivity contribution < 1.29 is 18.5 Å². The average molecular weight is 416 g/mol. The minimum absolute atomic E-state index is 0.0952. The smallest absolute Gasteiger partial charge is 0.163 e. The standard InChI is InChI=1S/C23H29NO4S/c1-5-6-12-27-22-13-18(2)23(19(3)14-22)28-17-29(25)16-21(24-26-4)15-20-10-8-7-9-11-20/h5-11,13-14H,12,15-17H2,1-4H3/b6-5+,24-21+. The molecule has 0 fully saturated rings. The van der Waals surface area contributed by atoms with E-state index in [1.165, 1.54) is 7.11 Å². The van der Waals surface area contributed by atoms with Gasteiger partial charge >= 0.3 is 0 Å². The van der Waals surface area contributed by atoms with Gasteiger partial charge in [-0.25, -0.2) is 0 Å². The third-order valence-corrected chi connectivity index (χ3v) is 5.19. The molecule has 0 aliphatic carbocycles. The molecule has 2 aromatic carbocycles. The minimum Gasteiger partial charge on any atom is -0.490 e. The molecule has 6 heteroatoms. The predicted molar refractivity (Wildman–Crippen MR) is 119 cm³/mol. The molecule has 1 atom stereocenters. The molecule has 0 saturated carbocycles. The first-order valence-electron chi connectivity index (χ1n) is 9.49. The highest BCUT2D eigenvalue weighted by molar-refractivity contribution is 7.85. The van der Waals surface area contributed by atoms with E-state index in [-0.39, 0.29) is 5.94 Å². The summed E-state index contributed by atoms with van der Waals surface area (Å²) in [7, 11) is 0.270. The van der Waals surface area contributed by atoms with E-state index in [0.717, 1.165) is 33.9 Å². The second kappa shape index (κ2) is 12.1. The van der Waals surface area contributed by atoms with E-state index >= 15 is 0 Å². The van der Waals surface area contributed by atoms with E-state index in [0.29, 0.717) is 18.8 Å². The average Bonchev–Trinajstić information content (AvgIpc) is 2.68. The molecule has 5 nitrogen and oxygen atoms in total. The van der Waals surface area contributed by atoms with Crippen LogP contribution >= 0.6 is 0 Å². The van der Waals surface area contributed by atoms with Crippen molar-refractivity contribution in [1.29, 1.82) is 0 Å². The van der Waals surface area contributed by atoms with E-state index in [2.05, 4.69) is 5.16 Å². The first-order chi connectivity index (χ1) is 14.0. The summed E-state index contributed by atoms with van der Waals surface area (Å²) in [4.78, 5) is 4.93. The molecule has 1 unspecified atom stereocenters. The third kappa shape index (κ3) is 7.74. The van der Waals surface area contributed by atoms with Gasteiger partial charge in [0, 0.05) is 6.42 Å². The monoisotopic (exact) mass is 415 g/mol. The van der Waals surface area contributed by atoms with Gasteiger partial charge in [0.2, 0.25) is 0 Å². The van der Waals surface area contributed by atoms with Gasteiger partial charge in [0.15, 0.2) is 5.94 Å². The summed E-state index contributed by atoms with van der Waals surface area (Å²) in [6.07, 6.45) is 4.50. The van der Waals surface area contributed by atoms with Crippen molar-refractivity contribution in [3.05, 3.63) is 71.3 Å². The van der Waals surface area contributed by atoms with Crippen LogP contribution < -0.4 is 9.47 Å². The minimum atomic E-state index is -1.23. The molecule has 0 aliphatic heterocycles. The fourth-order valence-electron chi connectivity index (χ4n) is 2.88. The first kappa shape index (κ1) is 22.7. The zero-order valence-corrected chi connectivity index (χ0v) is 18.3. The zero-order chi connectivity index (χ0) is 21.1. The lowest BCUT2D eigenvalue weighted by molar-refractivity contribution is 0.212. The van der Waals surface area contributed by atoms with Crippen LogP contribution in [0.15, 0.2) is 59.8 Å². The van der Waals surface area contributed by atoms with Gasteiger partial charge in [-0.2, -0.15) is 0 Å². The Kier molecular flexibility index (Phi) is 9.44. The Balaban J connectivity index is 1.96. The molecular formula is C23H29NO4S. The van der Waals surface area contributed by atoms with Crippen LogP contribution in [-0.4, -0.2) is 35.3 Å². The predicted octanol–water partition coefficient (Wildman–Crippen LogP) is 4.59. The fourth-order valence-corrected chi connectivity index (χ4v) is 3.74. The van der Waals surface area contributed by atoms with Crippen LogP contribution in [0.5, 0.6) is 11.5 Å². The summed E-state index contributed by atoms with van der Waals surface area (Å²) in [6.45, 7) is 6.41. The van der Waals surface area contributed by atoms with Crippen LogP contribution in [-0.2, 0) is 22.1 Å². The second-order valence-electron chi connectivity index (χ2n) is 6.62. The highest BCUT2D eigenvalue weighted by Gasteiger charge is 2.12. The molecule has 2 aromatic rings. The van der Waals surface area contributed by atoms with E-state index in [1.807, 2.05) is 75.4 Å². The molecule has 0 radical (unpaired) electrons. The summed E-state index contributed by atoms with van der Waals surface area (Å²) in [5.74, 6) is 1.93. The number of aryl methyl sites for hydroxylation is 2. The van der Waals surface area contributed by atoms with Crippen molar-refractivity contribution in [3.8, 4) is 11.5 Å². The summed E-state index contributed by atoms with van der Waals surface area (Å²) < 4.78 is 24.1. The van der Waals surface area contributed by atoms with Gasteiger partial charge in [0.1, 0.15) is 25.2 Å². The molecule has 0 aliphatic rings. The van der Waals surface area contributed by atoms with Crippen LogP contribution in [0.4, 0.5) is 0 Å². The van der Waals surface area contributed by atoms with Gasteiger partial charge in [-0.3, -0.25) is 4.21 Å². The summed E-state index contributed by atoms with van der Waals surface area (Å²) in [6, 6.07) is 13.8. The van der Waals surface area contributed by atoms with Crippen LogP contribution in [0.1, 0.15) is 23.6 Å². The van der Waals surface area contributed by atoms with Crippen molar-refractivity contribution in [2.24, 2.45) is 5.16 Å². The van der Waals surface area contributed by atoms with Gasteiger partial charge in [0.25, 0.3) is 0 Å². The van der Waals surface area contributed by atoms with Crippen LogP contribution in [0.2, 0.25) is 0 Å². The lowest BCUT2D eigenvalue weighted by Crippen LogP contribution is -2.19.